The molecule has 3 N–H and O–H groups in total. The van der Waals surface area contributed by atoms with E-state index in [0.29, 0.717) is 25.1 Å². The Morgan fingerprint density at radius 1 is 1.00 bits per heavy atom. The van der Waals surface area contributed by atoms with E-state index in [0.717, 1.165) is 5.56 Å². The van der Waals surface area contributed by atoms with Gasteiger partial charge in [-0.05, 0) is 50.5 Å². The highest BCUT2D eigenvalue weighted by molar-refractivity contribution is 5.90. The molecular weight excluding hydrogens is 422 g/mol. The maximum atomic E-state index is 13.3. The maximum absolute atomic E-state index is 13.3. The predicted octanol–water partition coefficient (Wildman–Crippen LogP) is 3.51. The highest BCUT2D eigenvalue weighted by Gasteiger charge is 2.31. The lowest BCUT2D eigenvalue weighted by Crippen LogP contribution is -2.48. The van der Waals surface area contributed by atoms with Crippen molar-refractivity contribution in [2.24, 2.45) is 0 Å². The molecule has 0 fully saturated rings. The molecule has 0 saturated heterocycles. The second-order valence-corrected chi connectivity index (χ2v) is 8.64. The summed E-state index contributed by atoms with van der Waals surface area (Å²) in [5.74, 6) is -0.721. The lowest BCUT2D eigenvalue weighted by Gasteiger charge is -2.31. The zero-order valence-electron chi connectivity index (χ0n) is 19.6. The molecule has 33 heavy (non-hydrogen) atoms. The van der Waals surface area contributed by atoms with Crippen LogP contribution in [0.5, 0.6) is 5.75 Å². The quantitative estimate of drug-likeness (QED) is 0.536. The van der Waals surface area contributed by atoms with Crippen LogP contribution in [0.15, 0.2) is 54.6 Å². The van der Waals surface area contributed by atoms with Crippen molar-refractivity contribution in [2.45, 2.75) is 52.3 Å². The van der Waals surface area contributed by atoms with Crippen molar-refractivity contribution >= 4 is 17.9 Å². The average molecular weight is 456 g/mol. The Bertz CT molecular complexity index is 923. The van der Waals surface area contributed by atoms with Crippen LogP contribution in [-0.4, -0.2) is 46.6 Å². The number of aromatic hydroxyl groups is 1. The Balaban J connectivity index is 2.22. The van der Waals surface area contributed by atoms with Crippen molar-refractivity contribution in [2.75, 3.05) is 13.1 Å². The first-order chi connectivity index (χ1) is 15.6. The average Bonchev–Trinajstić information content (AvgIpc) is 2.76. The molecule has 2 rings (SSSR count). The van der Waals surface area contributed by atoms with Crippen LogP contribution in [0.4, 0.5) is 4.79 Å². The summed E-state index contributed by atoms with van der Waals surface area (Å²) in [6.07, 6.45) is -0.0966. The molecule has 1 unspecified atom stereocenters. The van der Waals surface area contributed by atoms with Crippen LogP contribution < -0.4 is 10.6 Å². The van der Waals surface area contributed by atoms with Gasteiger partial charge in [-0.3, -0.25) is 9.59 Å². The number of amides is 3. The SMILES string of the molecule is CCCN(C(=O)CNC(=O)OC(C)(C)C)C(C(=O)NCc1ccccc1)c1ccc(O)cc1. The molecule has 1 atom stereocenters. The van der Waals surface area contributed by atoms with Crippen molar-refractivity contribution in [1.82, 2.24) is 15.5 Å². The molecule has 0 aromatic heterocycles. The molecular formula is C25H33N3O5. The molecule has 0 aliphatic heterocycles. The number of benzene rings is 2. The monoisotopic (exact) mass is 455 g/mol. The van der Waals surface area contributed by atoms with Gasteiger partial charge in [0.1, 0.15) is 23.9 Å². The summed E-state index contributed by atoms with van der Waals surface area (Å²) in [5, 5.41) is 15.0. The molecule has 178 valence electrons. The smallest absolute Gasteiger partial charge is 0.408 e. The summed E-state index contributed by atoms with van der Waals surface area (Å²) in [6, 6.07) is 14.7. The van der Waals surface area contributed by atoms with E-state index in [1.807, 2.05) is 37.3 Å². The van der Waals surface area contributed by atoms with Gasteiger partial charge in [0, 0.05) is 13.1 Å². The molecule has 2 aromatic carbocycles. The third-order valence-corrected chi connectivity index (χ3v) is 4.65. The maximum Gasteiger partial charge on any atom is 0.408 e. The molecule has 0 aliphatic carbocycles. The minimum Gasteiger partial charge on any atom is -0.508 e. The topological polar surface area (TPSA) is 108 Å². The van der Waals surface area contributed by atoms with Gasteiger partial charge in [0.25, 0.3) is 0 Å². The second-order valence-electron chi connectivity index (χ2n) is 8.64. The largest absolute Gasteiger partial charge is 0.508 e. The van der Waals surface area contributed by atoms with Crippen molar-refractivity contribution in [3.05, 3.63) is 65.7 Å². The van der Waals surface area contributed by atoms with Gasteiger partial charge in [0.2, 0.25) is 11.8 Å². The van der Waals surface area contributed by atoms with E-state index in [9.17, 15) is 19.5 Å². The van der Waals surface area contributed by atoms with Gasteiger partial charge in [-0.25, -0.2) is 4.79 Å². The van der Waals surface area contributed by atoms with Gasteiger partial charge in [0.15, 0.2) is 0 Å². The van der Waals surface area contributed by atoms with E-state index >= 15 is 0 Å². The number of carbonyl (C=O) groups excluding carboxylic acids is 3. The number of alkyl carbamates (subject to hydrolysis) is 1. The fourth-order valence-corrected chi connectivity index (χ4v) is 3.21. The molecule has 8 heteroatoms. The fourth-order valence-electron chi connectivity index (χ4n) is 3.21. The lowest BCUT2D eigenvalue weighted by atomic mass is 10.0. The number of hydrogen-bond donors (Lipinski definition) is 3. The number of phenols is 1. The molecule has 0 bridgehead atoms. The number of ether oxygens (including phenoxy) is 1. The normalized spacial score (nSPS) is 11.9. The van der Waals surface area contributed by atoms with E-state index < -0.39 is 23.6 Å². The Hall–Kier alpha value is -3.55. The molecule has 3 amide bonds. The van der Waals surface area contributed by atoms with E-state index in [2.05, 4.69) is 10.6 Å². The van der Waals surface area contributed by atoms with Gasteiger partial charge in [0.05, 0.1) is 0 Å². The number of nitrogens with one attached hydrogen (secondary N) is 2. The fraction of sp³-hybridized carbons (Fsp3) is 0.400. The van der Waals surface area contributed by atoms with Crippen molar-refractivity contribution in [3.63, 3.8) is 0 Å². The highest BCUT2D eigenvalue weighted by atomic mass is 16.6. The number of carbonyl (C=O) groups is 3. The van der Waals surface area contributed by atoms with E-state index in [-0.39, 0.29) is 18.2 Å². The van der Waals surface area contributed by atoms with Crippen molar-refractivity contribution in [3.8, 4) is 5.75 Å². The standard InChI is InChI=1S/C25H33N3O5/c1-5-15-28(21(30)17-27-24(32)33-25(2,3)4)22(19-11-13-20(29)14-12-19)23(31)26-16-18-9-7-6-8-10-18/h6-14,22,29H,5,15-17H2,1-4H3,(H,26,31)(H,27,32). The van der Waals surface area contributed by atoms with Crippen LogP contribution in [0.25, 0.3) is 0 Å². The summed E-state index contributed by atoms with van der Waals surface area (Å²) >= 11 is 0. The van der Waals surface area contributed by atoms with E-state index in [1.165, 1.54) is 17.0 Å². The third kappa shape index (κ3) is 8.48. The van der Waals surface area contributed by atoms with Crippen LogP contribution in [-0.2, 0) is 20.9 Å². The number of hydrogen-bond acceptors (Lipinski definition) is 5. The Labute approximate surface area is 194 Å². The first-order valence-corrected chi connectivity index (χ1v) is 11.0. The second kappa shape index (κ2) is 11.9. The Morgan fingerprint density at radius 3 is 2.21 bits per heavy atom. The molecule has 0 saturated carbocycles. The van der Waals surface area contributed by atoms with Gasteiger partial charge >= 0.3 is 6.09 Å². The van der Waals surface area contributed by atoms with Crippen LogP contribution in [0.2, 0.25) is 0 Å². The predicted molar refractivity (Wildman–Crippen MR) is 125 cm³/mol. The number of nitrogens with zero attached hydrogens (tertiary/aromatic N) is 1. The molecule has 0 radical (unpaired) electrons. The molecule has 0 spiro atoms. The van der Waals surface area contributed by atoms with Crippen LogP contribution in [0.3, 0.4) is 0 Å². The third-order valence-electron chi connectivity index (χ3n) is 4.65. The first kappa shape index (κ1) is 25.7. The summed E-state index contributed by atoms with van der Waals surface area (Å²) in [5.41, 5.74) is 0.787. The first-order valence-electron chi connectivity index (χ1n) is 11.0. The van der Waals surface area contributed by atoms with Crippen molar-refractivity contribution < 1.29 is 24.2 Å². The minimum absolute atomic E-state index is 0.0576. The molecule has 0 aliphatic rings. The van der Waals surface area contributed by atoms with Crippen LogP contribution in [0.1, 0.15) is 51.3 Å². The van der Waals surface area contributed by atoms with Gasteiger partial charge < -0.3 is 25.4 Å². The minimum atomic E-state index is -0.929. The van der Waals surface area contributed by atoms with Gasteiger partial charge in [-0.2, -0.15) is 0 Å². The molecule has 8 nitrogen and oxygen atoms in total. The van der Waals surface area contributed by atoms with Gasteiger partial charge in [-0.15, -0.1) is 0 Å². The molecule has 0 heterocycles. The lowest BCUT2D eigenvalue weighted by molar-refractivity contribution is -0.140. The summed E-state index contributed by atoms with van der Waals surface area (Å²) in [4.78, 5) is 39.8. The zero-order chi connectivity index (χ0) is 24.4. The van der Waals surface area contributed by atoms with Gasteiger partial charge in [-0.1, -0.05) is 49.4 Å². The number of phenolic OH excluding ortho intramolecular Hbond substituents is 1. The summed E-state index contributed by atoms with van der Waals surface area (Å²) in [6.45, 7) is 7.39. The van der Waals surface area contributed by atoms with E-state index in [1.54, 1.807) is 32.9 Å². The molecule has 2 aromatic rings. The van der Waals surface area contributed by atoms with Crippen LogP contribution >= 0.6 is 0 Å². The Morgan fingerprint density at radius 2 is 1.64 bits per heavy atom. The highest BCUT2D eigenvalue weighted by Crippen LogP contribution is 2.24. The zero-order valence-corrected chi connectivity index (χ0v) is 19.6. The number of rotatable bonds is 9. The van der Waals surface area contributed by atoms with Crippen molar-refractivity contribution in [1.29, 1.82) is 0 Å². The summed E-state index contributed by atoms with van der Waals surface area (Å²) < 4.78 is 5.19. The Kier molecular flexibility index (Phi) is 9.27. The summed E-state index contributed by atoms with van der Waals surface area (Å²) in [7, 11) is 0. The van der Waals surface area contributed by atoms with Crippen LogP contribution in [0, 0.1) is 0 Å². The van der Waals surface area contributed by atoms with E-state index in [4.69, 9.17) is 4.74 Å².